The van der Waals surface area contributed by atoms with Crippen molar-refractivity contribution in [2.75, 3.05) is 5.01 Å². The molecule has 0 saturated heterocycles. The molecule has 0 atom stereocenters. The largest absolute Gasteiger partial charge is 0.273 e. The molecule has 6 nitrogen and oxygen atoms in total. The van der Waals surface area contributed by atoms with Crippen molar-refractivity contribution in [1.29, 1.82) is 0 Å². The second-order valence-corrected chi connectivity index (χ2v) is 4.20. The number of nitrogens with zero attached hydrogens (tertiary/aromatic N) is 2. The lowest BCUT2D eigenvalue weighted by Gasteiger charge is -2.16. The quantitative estimate of drug-likeness (QED) is 0.399. The number of hydrazine groups is 1. The molecule has 20 heavy (non-hydrogen) atoms. The molecule has 0 spiro atoms. The van der Waals surface area contributed by atoms with E-state index in [4.69, 9.17) is 5.84 Å². The standard InChI is InChI=1S/C14H13N3O3/c15-16(12-6-2-1-3-7-12)14(18)10-11-5-4-8-13(9-11)17(19)20/h1-9H,10,15H2. The number of nitro benzene ring substituents is 1. The van der Waals surface area contributed by atoms with Crippen LogP contribution in [0.25, 0.3) is 0 Å². The highest BCUT2D eigenvalue weighted by Gasteiger charge is 2.14. The zero-order valence-corrected chi connectivity index (χ0v) is 10.6. The number of hydrogen-bond acceptors (Lipinski definition) is 4. The van der Waals surface area contributed by atoms with Crippen molar-refractivity contribution in [3.63, 3.8) is 0 Å². The number of benzene rings is 2. The zero-order valence-electron chi connectivity index (χ0n) is 10.6. The van der Waals surface area contributed by atoms with Gasteiger partial charge in [0.1, 0.15) is 0 Å². The maximum absolute atomic E-state index is 12.0. The molecule has 2 aromatic rings. The molecule has 0 fully saturated rings. The minimum atomic E-state index is -0.495. The maximum atomic E-state index is 12.0. The number of nitro groups is 1. The van der Waals surface area contributed by atoms with Crippen LogP contribution < -0.4 is 10.9 Å². The van der Waals surface area contributed by atoms with E-state index in [1.807, 2.05) is 6.07 Å². The van der Waals surface area contributed by atoms with Gasteiger partial charge in [0.05, 0.1) is 17.0 Å². The van der Waals surface area contributed by atoms with Gasteiger partial charge in [-0.15, -0.1) is 0 Å². The Hall–Kier alpha value is -2.73. The molecule has 0 saturated carbocycles. The second-order valence-electron chi connectivity index (χ2n) is 4.20. The van der Waals surface area contributed by atoms with Crippen molar-refractivity contribution >= 4 is 17.3 Å². The fourth-order valence-electron chi connectivity index (χ4n) is 1.77. The zero-order chi connectivity index (χ0) is 14.5. The van der Waals surface area contributed by atoms with Crippen molar-refractivity contribution in [2.45, 2.75) is 6.42 Å². The molecule has 6 heteroatoms. The highest BCUT2D eigenvalue weighted by molar-refractivity contribution is 5.93. The van der Waals surface area contributed by atoms with Gasteiger partial charge in [-0.05, 0) is 17.7 Å². The van der Waals surface area contributed by atoms with Crippen LogP contribution in [0.4, 0.5) is 11.4 Å². The lowest BCUT2D eigenvalue weighted by Crippen LogP contribution is -2.38. The van der Waals surface area contributed by atoms with Crippen molar-refractivity contribution in [3.05, 3.63) is 70.3 Å². The Balaban J connectivity index is 2.12. The van der Waals surface area contributed by atoms with Crippen molar-refractivity contribution < 1.29 is 9.72 Å². The van der Waals surface area contributed by atoms with Gasteiger partial charge in [0, 0.05) is 12.1 Å². The van der Waals surface area contributed by atoms with Gasteiger partial charge in [0.25, 0.3) is 5.69 Å². The predicted molar refractivity (Wildman–Crippen MR) is 74.9 cm³/mol. The summed E-state index contributed by atoms with van der Waals surface area (Å²) in [4.78, 5) is 22.2. The van der Waals surface area contributed by atoms with Crippen LogP contribution in [0.3, 0.4) is 0 Å². The molecule has 2 rings (SSSR count). The topological polar surface area (TPSA) is 89.5 Å². The summed E-state index contributed by atoms with van der Waals surface area (Å²) in [5, 5.41) is 11.7. The Labute approximate surface area is 115 Å². The first kappa shape index (κ1) is 13.7. The first-order valence-electron chi connectivity index (χ1n) is 5.94. The van der Waals surface area contributed by atoms with Crippen LogP contribution in [-0.2, 0) is 11.2 Å². The van der Waals surface area contributed by atoms with E-state index in [2.05, 4.69) is 0 Å². The molecule has 0 aromatic heterocycles. The number of hydrogen-bond donors (Lipinski definition) is 1. The average Bonchev–Trinajstić information content (AvgIpc) is 2.47. The summed E-state index contributed by atoms with van der Waals surface area (Å²) in [5.41, 5.74) is 1.08. The Morgan fingerprint density at radius 3 is 2.50 bits per heavy atom. The van der Waals surface area contributed by atoms with Crippen LogP contribution in [0.15, 0.2) is 54.6 Å². The van der Waals surface area contributed by atoms with Crippen LogP contribution in [-0.4, -0.2) is 10.8 Å². The Morgan fingerprint density at radius 2 is 1.85 bits per heavy atom. The number of carbonyl (C=O) groups is 1. The summed E-state index contributed by atoms with van der Waals surface area (Å²) in [5.74, 6) is 5.40. The Morgan fingerprint density at radius 1 is 1.15 bits per heavy atom. The van der Waals surface area contributed by atoms with Gasteiger partial charge in [0.15, 0.2) is 0 Å². The summed E-state index contributed by atoms with van der Waals surface area (Å²) in [7, 11) is 0. The van der Waals surface area contributed by atoms with Gasteiger partial charge in [-0.25, -0.2) is 10.9 Å². The Kier molecular flexibility index (Phi) is 4.07. The maximum Gasteiger partial charge on any atom is 0.269 e. The average molecular weight is 271 g/mol. The third kappa shape index (κ3) is 3.18. The predicted octanol–water partition coefficient (Wildman–Crippen LogP) is 2.04. The molecular weight excluding hydrogens is 258 g/mol. The van der Waals surface area contributed by atoms with E-state index in [9.17, 15) is 14.9 Å². The minimum Gasteiger partial charge on any atom is -0.273 e. The fraction of sp³-hybridized carbons (Fsp3) is 0.0714. The number of para-hydroxylation sites is 1. The number of amides is 1. The number of non-ortho nitro benzene ring substituents is 1. The highest BCUT2D eigenvalue weighted by atomic mass is 16.6. The minimum absolute atomic E-state index is 0.00702. The van der Waals surface area contributed by atoms with Gasteiger partial charge in [-0.1, -0.05) is 30.3 Å². The molecule has 1 amide bonds. The van der Waals surface area contributed by atoms with Gasteiger partial charge in [-0.3, -0.25) is 14.9 Å². The van der Waals surface area contributed by atoms with Crippen LogP contribution >= 0.6 is 0 Å². The molecule has 0 aliphatic rings. The van der Waals surface area contributed by atoms with E-state index in [0.29, 0.717) is 11.3 Å². The molecule has 0 unspecified atom stereocenters. The number of anilines is 1. The van der Waals surface area contributed by atoms with Crippen LogP contribution in [0, 0.1) is 10.1 Å². The van der Waals surface area contributed by atoms with Crippen LogP contribution in [0.5, 0.6) is 0 Å². The fourth-order valence-corrected chi connectivity index (χ4v) is 1.77. The Bertz CT molecular complexity index is 629. The molecule has 0 radical (unpaired) electrons. The van der Waals surface area contributed by atoms with E-state index >= 15 is 0 Å². The van der Waals surface area contributed by atoms with Gasteiger partial charge in [0.2, 0.25) is 5.91 Å². The first-order chi connectivity index (χ1) is 9.58. The van der Waals surface area contributed by atoms with E-state index in [-0.39, 0.29) is 18.0 Å². The number of rotatable bonds is 4. The number of carbonyl (C=O) groups excluding carboxylic acids is 1. The van der Waals surface area contributed by atoms with E-state index < -0.39 is 4.92 Å². The summed E-state index contributed by atoms with van der Waals surface area (Å²) >= 11 is 0. The molecule has 0 aliphatic heterocycles. The lowest BCUT2D eigenvalue weighted by molar-refractivity contribution is -0.384. The van der Waals surface area contributed by atoms with E-state index in [1.54, 1.807) is 36.4 Å². The summed E-state index contributed by atoms with van der Waals surface area (Å²) in [6.45, 7) is 0. The first-order valence-corrected chi connectivity index (χ1v) is 5.94. The lowest BCUT2D eigenvalue weighted by atomic mass is 10.1. The SMILES string of the molecule is NN(C(=O)Cc1cccc([N+](=O)[O-])c1)c1ccccc1. The molecule has 0 bridgehead atoms. The van der Waals surface area contributed by atoms with Crippen LogP contribution in [0.2, 0.25) is 0 Å². The highest BCUT2D eigenvalue weighted by Crippen LogP contribution is 2.15. The number of nitrogens with two attached hydrogens (primary N) is 1. The molecule has 0 aliphatic carbocycles. The van der Waals surface area contributed by atoms with E-state index in [0.717, 1.165) is 5.01 Å². The summed E-state index contributed by atoms with van der Waals surface area (Å²) in [6, 6.07) is 14.8. The normalized spacial score (nSPS) is 10.1. The van der Waals surface area contributed by atoms with Gasteiger partial charge < -0.3 is 0 Å². The monoisotopic (exact) mass is 271 g/mol. The second kappa shape index (κ2) is 5.94. The molecule has 2 N–H and O–H groups in total. The van der Waals surface area contributed by atoms with Gasteiger partial charge in [-0.2, -0.15) is 0 Å². The summed E-state index contributed by atoms with van der Waals surface area (Å²) < 4.78 is 0. The summed E-state index contributed by atoms with van der Waals surface area (Å²) in [6.07, 6.45) is 0.00702. The molecule has 2 aromatic carbocycles. The molecular formula is C14H13N3O3. The van der Waals surface area contributed by atoms with Crippen LogP contribution in [0.1, 0.15) is 5.56 Å². The van der Waals surface area contributed by atoms with E-state index in [1.165, 1.54) is 12.1 Å². The van der Waals surface area contributed by atoms with Crippen molar-refractivity contribution in [2.24, 2.45) is 5.84 Å². The molecule has 0 heterocycles. The third-order valence-corrected chi connectivity index (χ3v) is 2.78. The third-order valence-electron chi connectivity index (χ3n) is 2.78. The van der Waals surface area contributed by atoms with Gasteiger partial charge >= 0.3 is 0 Å². The van der Waals surface area contributed by atoms with Crippen molar-refractivity contribution in [3.8, 4) is 0 Å². The smallest absolute Gasteiger partial charge is 0.269 e. The molecule has 102 valence electrons. The van der Waals surface area contributed by atoms with Crippen molar-refractivity contribution in [1.82, 2.24) is 0 Å².